The van der Waals surface area contributed by atoms with Gasteiger partial charge >= 0.3 is 5.97 Å². The first-order chi connectivity index (χ1) is 8.17. The number of ether oxygens (including phenoxy) is 1. The monoisotopic (exact) mass is 257 g/mol. The Morgan fingerprint density at radius 2 is 1.78 bits per heavy atom. The first-order valence-electron chi connectivity index (χ1n) is 7.04. The van der Waals surface area contributed by atoms with E-state index >= 15 is 0 Å². The Balaban J connectivity index is 4.92. The Hall–Kier alpha value is -0.570. The Morgan fingerprint density at radius 3 is 2.11 bits per heavy atom. The van der Waals surface area contributed by atoms with E-state index in [1.165, 1.54) is 0 Å². The lowest BCUT2D eigenvalue weighted by Gasteiger charge is -2.34. The molecule has 3 nitrogen and oxygen atoms in total. The van der Waals surface area contributed by atoms with Gasteiger partial charge < -0.3 is 10.5 Å². The van der Waals surface area contributed by atoms with Gasteiger partial charge in [-0.25, -0.2) is 0 Å². The summed E-state index contributed by atoms with van der Waals surface area (Å²) in [7, 11) is 0. The van der Waals surface area contributed by atoms with Gasteiger partial charge in [-0.15, -0.1) is 0 Å². The van der Waals surface area contributed by atoms with Crippen LogP contribution in [0.1, 0.15) is 60.8 Å². The van der Waals surface area contributed by atoms with Crippen molar-refractivity contribution in [2.75, 3.05) is 13.2 Å². The predicted molar refractivity (Wildman–Crippen MR) is 76.3 cm³/mol. The second-order valence-electron chi connectivity index (χ2n) is 6.86. The summed E-state index contributed by atoms with van der Waals surface area (Å²) in [5, 5.41) is 0. The Morgan fingerprint density at radius 1 is 1.22 bits per heavy atom. The van der Waals surface area contributed by atoms with Crippen molar-refractivity contribution in [1.29, 1.82) is 0 Å². The van der Waals surface area contributed by atoms with E-state index in [0.29, 0.717) is 19.1 Å². The van der Waals surface area contributed by atoms with Crippen LogP contribution in [0.3, 0.4) is 0 Å². The van der Waals surface area contributed by atoms with Crippen LogP contribution in [0.4, 0.5) is 0 Å². The van der Waals surface area contributed by atoms with Gasteiger partial charge in [0.1, 0.15) is 0 Å². The van der Waals surface area contributed by atoms with Gasteiger partial charge in [-0.1, -0.05) is 34.6 Å². The number of hydrogen-bond acceptors (Lipinski definition) is 3. The van der Waals surface area contributed by atoms with Crippen LogP contribution >= 0.6 is 0 Å². The molecule has 0 aliphatic rings. The molecule has 18 heavy (non-hydrogen) atoms. The standard InChI is InChI=1S/C15H31NO2/c1-7-18-13(17)15(11-16,10-12(2)3)9-8-14(4,5)6/h12H,7-11,16H2,1-6H3. The fourth-order valence-corrected chi connectivity index (χ4v) is 2.24. The molecule has 0 spiro atoms. The van der Waals surface area contributed by atoms with Crippen molar-refractivity contribution < 1.29 is 9.53 Å². The fourth-order valence-electron chi connectivity index (χ4n) is 2.24. The van der Waals surface area contributed by atoms with Crippen LogP contribution < -0.4 is 5.73 Å². The van der Waals surface area contributed by atoms with Gasteiger partial charge in [0.15, 0.2) is 0 Å². The van der Waals surface area contributed by atoms with Crippen LogP contribution in [0.2, 0.25) is 0 Å². The molecule has 108 valence electrons. The summed E-state index contributed by atoms with van der Waals surface area (Å²) in [5.74, 6) is 0.323. The summed E-state index contributed by atoms with van der Waals surface area (Å²) in [6.07, 6.45) is 2.60. The van der Waals surface area contributed by atoms with Crippen molar-refractivity contribution >= 4 is 5.97 Å². The molecule has 0 aliphatic carbocycles. The van der Waals surface area contributed by atoms with Crippen molar-refractivity contribution in [1.82, 2.24) is 0 Å². The smallest absolute Gasteiger partial charge is 0.313 e. The zero-order valence-corrected chi connectivity index (χ0v) is 13.0. The minimum absolute atomic E-state index is 0.120. The van der Waals surface area contributed by atoms with Crippen molar-refractivity contribution in [2.45, 2.75) is 60.8 Å². The molecular formula is C15H31NO2. The third-order valence-electron chi connectivity index (χ3n) is 3.25. The number of carbonyl (C=O) groups is 1. The third kappa shape index (κ3) is 5.85. The van der Waals surface area contributed by atoms with E-state index in [9.17, 15) is 4.79 Å². The molecule has 0 bridgehead atoms. The highest BCUT2D eigenvalue weighted by Gasteiger charge is 2.39. The SMILES string of the molecule is CCOC(=O)C(CN)(CCC(C)(C)C)CC(C)C. The molecular weight excluding hydrogens is 226 g/mol. The highest BCUT2D eigenvalue weighted by molar-refractivity contribution is 5.77. The zero-order valence-electron chi connectivity index (χ0n) is 13.0. The number of esters is 1. The highest BCUT2D eigenvalue weighted by Crippen LogP contribution is 2.36. The summed E-state index contributed by atoms with van der Waals surface area (Å²) in [4.78, 5) is 12.2. The van der Waals surface area contributed by atoms with E-state index < -0.39 is 5.41 Å². The maximum Gasteiger partial charge on any atom is 0.313 e. The van der Waals surface area contributed by atoms with E-state index in [1.54, 1.807) is 0 Å². The Kier molecular flexibility index (Phi) is 6.90. The number of carbonyl (C=O) groups excluding carboxylic acids is 1. The predicted octanol–water partition coefficient (Wildman–Crippen LogP) is 3.37. The first-order valence-corrected chi connectivity index (χ1v) is 7.04. The molecule has 0 fully saturated rings. The van der Waals surface area contributed by atoms with E-state index in [1.807, 2.05) is 6.92 Å². The first kappa shape index (κ1) is 17.4. The van der Waals surface area contributed by atoms with Crippen molar-refractivity contribution in [3.05, 3.63) is 0 Å². The van der Waals surface area contributed by atoms with E-state index in [4.69, 9.17) is 10.5 Å². The summed E-state index contributed by atoms with van der Waals surface area (Å²) < 4.78 is 5.25. The molecule has 0 rings (SSSR count). The molecule has 0 aromatic rings. The second-order valence-corrected chi connectivity index (χ2v) is 6.86. The molecule has 0 radical (unpaired) electrons. The number of rotatable bonds is 7. The van der Waals surface area contributed by atoms with Crippen LogP contribution in [0.5, 0.6) is 0 Å². The lowest BCUT2D eigenvalue weighted by molar-refractivity contribution is -0.156. The van der Waals surface area contributed by atoms with Crippen LogP contribution in [-0.2, 0) is 9.53 Å². The molecule has 3 heteroatoms. The van der Waals surface area contributed by atoms with Crippen molar-refractivity contribution in [2.24, 2.45) is 22.5 Å². The third-order valence-corrected chi connectivity index (χ3v) is 3.25. The highest BCUT2D eigenvalue weighted by atomic mass is 16.5. The molecule has 0 saturated heterocycles. The van der Waals surface area contributed by atoms with E-state index in [-0.39, 0.29) is 11.4 Å². The second kappa shape index (κ2) is 7.13. The summed E-state index contributed by atoms with van der Waals surface area (Å²) in [6.45, 7) is 13.5. The molecule has 1 unspecified atom stereocenters. The molecule has 0 aromatic carbocycles. The van der Waals surface area contributed by atoms with Gasteiger partial charge in [0, 0.05) is 6.54 Å². The molecule has 0 heterocycles. The summed E-state index contributed by atoms with van der Waals surface area (Å²) >= 11 is 0. The average molecular weight is 257 g/mol. The molecule has 0 saturated carbocycles. The largest absolute Gasteiger partial charge is 0.466 e. The van der Waals surface area contributed by atoms with Crippen LogP contribution in [0, 0.1) is 16.7 Å². The Bertz CT molecular complexity index is 256. The normalized spacial score (nSPS) is 15.6. The van der Waals surface area contributed by atoms with Gasteiger partial charge in [-0.05, 0) is 37.5 Å². The topological polar surface area (TPSA) is 52.3 Å². The van der Waals surface area contributed by atoms with Gasteiger partial charge in [0.05, 0.1) is 12.0 Å². The van der Waals surface area contributed by atoms with Gasteiger partial charge in [0.2, 0.25) is 0 Å². The minimum Gasteiger partial charge on any atom is -0.466 e. The van der Waals surface area contributed by atoms with Crippen LogP contribution in [-0.4, -0.2) is 19.1 Å². The van der Waals surface area contributed by atoms with E-state index in [0.717, 1.165) is 19.3 Å². The fraction of sp³-hybridized carbons (Fsp3) is 0.933. The molecule has 2 N–H and O–H groups in total. The summed E-state index contributed by atoms with van der Waals surface area (Å²) in [5.41, 5.74) is 5.63. The van der Waals surface area contributed by atoms with Crippen LogP contribution in [0.25, 0.3) is 0 Å². The van der Waals surface area contributed by atoms with E-state index in [2.05, 4.69) is 34.6 Å². The van der Waals surface area contributed by atoms with Crippen LogP contribution in [0.15, 0.2) is 0 Å². The quantitative estimate of drug-likeness (QED) is 0.711. The lowest BCUT2D eigenvalue weighted by Crippen LogP contribution is -2.42. The number of nitrogens with two attached hydrogens (primary N) is 1. The summed E-state index contributed by atoms with van der Waals surface area (Å²) in [6, 6.07) is 0. The maximum absolute atomic E-state index is 12.2. The molecule has 1 atom stereocenters. The molecule has 0 amide bonds. The van der Waals surface area contributed by atoms with Gasteiger partial charge in [-0.3, -0.25) is 4.79 Å². The maximum atomic E-state index is 12.2. The zero-order chi connectivity index (χ0) is 14.4. The number of hydrogen-bond donors (Lipinski definition) is 1. The van der Waals surface area contributed by atoms with Crippen molar-refractivity contribution in [3.63, 3.8) is 0 Å². The molecule has 0 aliphatic heterocycles. The lowest BCUT2D eigenvalue weighted by atomic mass is 9.73. The minimum atomic E-state index is -0.503. The molecule has 0 aromatic heterocycles. The Labute approximate surface area is 112 Å². The average Bonchev–Trinajstić information content (AvgIpc) is 2.23. The van der Waals surface area contributed by atoms with Crippen molar-refractivity contribution in [3.8, 4) is 0 Å². The van der Waals surface area contributed by atoms with Gasteiger partial charge in [-0.2, -0.15) is 0 Å². The van der Waals surface area contributed by atoms with Gasteiger partial charge in [0.25, 0.3) is 0 Å².